The van der Waals surface area contributed by atoms with Crippen LogP contribution in [0, 0.1) is 11.3 Å². The summed E-state index contributed by atoms with van der Waals surface area (Å²) in [5, 5.41) is 9.52. The highest BCUT2D eigenvalue weighted by atomic mass is 16.5. The minimum Gasteiger partial charge on any atom is -0.440 e. The smallest absolute Gasteiger partial charge is 0.205 e. The number of hydrogen-bond acceptors (Lipinski definition) is 4. The van der Waals surface area contributed by atoms with Crippen LogP contribution in [0.25, 0.3) is 0 Å². The number of hydrogen-bond donors (Lipinski definition) is 2. The minimum absolute atomic E-state index is 0.142. The summed E-state index contributed by atoms with van der Waals surface area (Å²) in [5.74, 6) is 0.982. The fraction of sp³-hybridized carbons (Fsp3) is 0.211. The number of fused-ring (bicyclic) bond motifs is 1. The molecule has 0 saturated heterocycles. The molecule has 3 rings (SSSR count). The number of nitrogen functional groups attached to an aromatic ring is 1. The van der Waals surface area contributed by atoms with Gasteiger partial charge in [-0.1, -0.05) is 44.2 Å². The van der Waals surface area contributed by atoms with E-state index in [4.69, 9.17) is 16.2 Å². The molecule has 2 aromatic rings. The average molecular weight is 305 g/mol. The first-order valence-electron chi connectivity index (χ1n) is 7.58. The summed E-state index contributed by atoms with van der Waals surface area (Å²) >= 11 is 0. The third-order valence-electron chi connectivity index (χ3n) is 4.18. The van der Waals surface area contributed by atoms with E-state index < -0.39 is 0 Å². The Morgan fingerprint density at radius 2 is 1.78 bits per heavy atom. The van der Waals surface area contributed by atoms with E-state index >= 15 is 0 Å². The predicted octanol–water partition coefficient (Wildman–Crippen LogP) is 3.61. The maximum atomic E-state index is 9.52. The highest BCUT2D eigenvalue weighted by molar-refractivity contribution is 5.59. The maximum Gasteiger partial charge on any atom is 0.205 e. The molecule has 4 nitrogen and oxygen atoms in total. The van der Waals surface area contributed by atoms with Gasteiger partial charge in [0.25, 0.3) is 0 Å². The zero-order valence-corrected chi connectivity index (χ0v) is 13.2. The van der Waals surface area contributed by atoms with Crippen LogP contribution in [0.5, 0.6) is 5.75 Å². The van der Waals surface area contributed by atoms with Gasteiger partial charge in [0, 0.05) is 17.3 Å². The van der Waals surface area contributed by atoms with Crippen LogP contribution in [0.3, 0.4) is 0 Å². The second-order valence-corrected chi connectivity index (χ2v) is 6.04. The van der Waals surface area contributed by atoms with Crippen LogP contribution in [0.1, 0.15) is 42.4 Å². The van der Waals surface area contributed by atoms with Gasteiger partial charge in [-0.3, -0.25) is 0 Å². The number of anilines is 1. The first kappa shape index (κ1) is 15.0. The number of allylic oxidation sites excluding steroid dienone is 1. The van der Waals surface area contributed by atoms with E-state index in [1.807, 2.05) is 12.1 Å². The summed E-state index contributed by atoms with van der Waals surface area (Å²) in [6.45, 7) is 4.31. The molecule has 0 bridgehead atoms. The lowest BCUT2D eigenvalue weighted by Gasteiger charge is -2.26. The van der Waals surface area contributed by atoms with Crippen LogP contribution in [-0.2, 0) is 0 Å². The molecule has 0 saturated carbocycles. The Labute approximate surface area is 136 Å². The molecule has 4 heteroatoms. The highest BCUT2D eigenvalue weighted by Crippen LogP contribution is 2.42. The van der Waals surface area contributed by atoms with Crippen LogP contribution in [0.4, 0.5) is 5.69 Å². The van der Waals surface area contributed by atoms with Gasteiger partial charge in [0.05, 0.1) is 5.92 Å². The molecule has 116 valence electrons. The molecule has 1 atom stereocenters. The van der Waals surface area contributed by atoms with Gasteiger partial charge < -0.3 is 16.2 Å². The topological polar surface area (TPSA) is 85.1 Å². The second-order valence-electron chi connectivity index (χ2n) is 6.04. The van der Waals surface area contributed by atoms with Gasteiger partial charge in [0.2, 0.25) is 5.88 Å². The fourth-order valence-electron chi connectivity index (χ4n) is 2.89. The Bertz CT molecular complexity index is 813. The van der Waals surface area contributed by atoms with Gasteiger partial charge in [0.1, 0.15) is 17.4 Å². The summed E-state index contributed by atoms with van der Waals surface area (Å²) in [6, 6.07) is 15.9. The van der Waals surface area contributed by atoms with E-state index in [0.29, 0.717) is 22.9 Å². The van der Waals surface area contributed by atoms with Crippen LogP contribution in [0.15, 0.2) is 53.9 Å². The van der Waals surface area contributed by atoms with Crippen LogP contribution in [-0.4, -0.2) is 0 Å². The van der Waals surface area contributed by atoms with E-state index in [-0.39, 0.29) is 11.8 Å². The van der Waals surface area contributed by atoms with Crippen molar-refractivity contribution in [3.63, 3.8) is 0 Å². The third kappa shape index (κ3) is 2.62. The number of benzene rings is 2. The molecule has 1 aliphatic heterocycles. The highest BCUT2D eigenvalue weighted by Gasteiger charge is 2.30. The SMILES string of the molecule is CC(C)c1ccc(C2C(C#N)=C(N)Oc3cc(N)ccc32)cc1. The zero-order valence-electron chi connectivity index (χ0n) is 13.2. The van der Waals surface area contributed by atoms with Crippen molar-refractivity contribution in [1.82, 2.24) is 0 Å². The molecule has 0 amide bonds. The lowest BCUT2D eigenvalue weighted by atomic mass is 9.83. The Morgan fingerprint density at radius 3 is 2.39 bits per heavy atom. The van der Waals surface area contributed by atoms with Gasteiger partial charge in [-0.15, -0.1) is 0 Å². The standard InChI is InChI=1S/C19H19N3O/c1-11(2)12-3-5-13(6-4-12)18-15-8-7-14(21)9-17(15)23-19(22)16(18)10-20/h3-9,11,18H,21-22H2,1-2H3. The second kappa shape index (κ2) is 5.69. The van der Waals surface area contributed by atoms with Gasteiger partial charge >= 0.3 is 0 Å². The molecule has 0 aromatic heterocycles. The van der Waals surface area contributed by atoms with E-state index in [2.05, 4.69) is 44.2 Å². The van der Waals surface area contributed by atoms with Gasteiger partial charge in [0.15, 0.2) is 0 Å². The molecule has 1 aliphatic rings. The Hall–Kier alpha value is -2.93. The lowest BCUT2D eigenvalue weighted by Crippen LogP contribution is -2.21. The first-order chi connectivity index (χ1) is 11.0. The van der Waals surface area contributed by atoms with Crippen molar-refractivity contribution in [2.24, 2.45) is 5.73 Å². The van der Waals surface area contributed by atoms with Crippen LogP contribution < -0.4 is 16.2 Å². The predicted molar refractivity (Wildman–Crippen MR) is 90.7 cm³/mol. The number of nitriles is 1. The average Bonchev–Trinajstić information content (AvgIpc) is 2.53. The molecule has 1 heterocycles. The van der Waals surface area contributed by atoms with Crippen molar-refractivity contribution in [3.8, 4) is 11.8 Å². The van der Waals surface area contributed by atoms with Crippen molar-refractivity contribution < 1.29 is 4.74 Å². The lowest BCUT2D eigenvalue weighted by molar-refractivity contribution is 0.394. The molecule has 1 unspecified atom stereocenters. The van der Waals surface area contributed by atoms with Crippen molar-refractivity contribution in [3.05, 3.63) is 70.6 Å². The van der Waals surface area contributed by atoms with Crippen LogP contribution >= 0.6 is 0 Å². The van der Waals surface area contributed by atoms with Crippen molar-refractivity contribution >= 4 is 5.69 Å². The van der Waals surface area contributed by atoms with Gasteiger partial charge in [-0.05, 0) is 23.1 Å². The maximum absolute atomic E-state index is 9.52. The Balaban J connectivity index is 2.14. The molecule has 23 heavy (non-hydrogen) atoms. The molecular formula is C19H19N3O. The number of nitrogens with two attached hydrogens (primary N) is 2. The summed E-state index contributed by atoms with van der Waals surface area (Å²) in [6.07, 6.45) is 0. The summed E-state index contributed by atoms with van der Waals surface area (Å²) in [4.78, 5) is 0. The molecular weight excluding hydrogens is 286 g/mol. The largest absolute Gasteiger partial charge is 0.440 e. The summed E-state index contributed by atoms with van der Waals surface area (Å²) < 4.78 is 5.58. The van der Waals surface area contributed by atoms with Gasteiger partial charge in [-0.25, -0.2) is 0 Å². The number of rotatable bonds is 2. The van der Waals surface area contributed by atoms with E-state index in [1.165, 1.54) is 5.56 Å². The third-order valence-corrected chi connectivity index (χ3v) is 4.18. The fourth-order valence-corrected chi connectivity index (χ4v) is 2.89. The summed E-state index contributed by atoms with van der Waals surface area (Å²) in [5.41, 5.74) is 16.0. The van der Waals surface area contributed by atoms with Gasteiger partial charge in [-0.2, -0.15) is 5.26 Å². The molecule has 4 N–H and O–H groups in total. The monoisotopic (exact) mass is 305 g/mol. The summed E-state index contributed by atoms with van der Waals surface area (Å²) in [7, 11) is 0. The Morgan fingerprint density at radius 1 is 1.09 bits per heavy atom. The Kier molecular flexibility index (Phi) is 3.71. The molecule has 0 radical (unpaired) electrons. The molecule has 0 fully saturated rings. The quantitative estimate of drug-likeness (QED) is 0.830. The molecule has 0 spiro atoms. The molecule has 0 aliphatic carbocycles. The van der Waals surface area contributed by atoms with Crippen molar-refractivity contribution in [1.29, 1.82) is 5.26 Å². The molecule has 2 aromatic carbocycles. The number of nitrogens with zero attached hydrogens (tertiary/aromatic N) is 1. The van der Waals surface area contributed by atoms with Crippen LogP contribution in [0.2, 0.25) is 0 Å². The first-order valence-corrected chi connectivity index (χ1v) is 7.58. The zero-order chi connectivity index (χ0) is 16.6. The van der Waals surface area contributed by atoms with Crippen molar-refractivity contribution in [2.75, 3.05) is 5.73 Å². The van der Waals surface area contributed by atoms with Crippen molar-refractivity contribution in [2.45, 2.75) is 25.7 Å². The van der Waals surface area contributed by atoms with E-state index in [0.717, 1.165) is 11.1 Å². The minimum atomic E-state index is -0.231. The normalized spacial score (nSPS) is 16.7. The van der Waals surface area contributed by atoms with E-state index in [9.17, 15) is 5.26 Å². The number of ether oxygens (including phenoxy) is 1. The van der Waals surface area contributed by atoms with E-state index in [1.54, 1.807) is 6.07 Å².